The summed E-state index contributed by atoms with van der Waals surface area (Å²) in [5.74, 6) is -0.0148. The van der Waals surface area contributed by atoms with Crippen LogP contribution in [-0.4, -0.2) is 41.4 Å². The minimum Gasteiger partial charge on any atom is -0.314 e. The van der Waals surface area contributed by atoms with Gasteiger partial charge in [0, 0.05) is 12.3 Å². The van der Waals surface area contributed by atoms with Crippen LogP contribution in [0, 0.1) is 0 Å². The number of benzene rings is 1. The quantitative estimate of drug-likeness (QED) is 0.843. The van der Waals surface area contributed by atoms with Gasteiger partial charge in [-0.1, -0.05) is 6.92 Å². The smallest absolute Gasteiger partial charge is 0.179 e. The number of hydrogen-bond donors (Lipinski definition) is 1. The maximum absolute atomic E-state index is 12.1. The third-order valence-corrected chi connectivity index (χ3v) is 5.69. The molecule has 1 N–H and O–H groups in total. The van der Waals surface area contributed by atoms with Crippen molar-refractivity contribution in [2.45, 2.75) is 29.7 Å². The Labute approximate surface area is 114 Å². The van der Waals surface area contributed by atoms with E-state index in [0.717, 1.165) is 6.26 Å². The van der Waals surface area contributed by atoms with E-state index in [4.69, 9.17) is 0 Å². The van der Waals surface area contributed by atoms with Crippen molar-refractivity contribution in [3.05, 3.63) is 24.3 Å². The summed E-state index contributed by atoms with van der Waals surface area (Å²) < 4.78 is 46.8. The molecule has 19 heavy (non-hydrogen) atoms. The van der Waals surface area contributed by atoms with Gasteiger partial charge in [0.05, 0.1) is 15.5 Å². The van der Waals surface area contributed by atoms with Gasteiger partial charge < -0.3 is 5.32 Å². The van der Waals surface area contributed by atoms with E-state index in [1.807, 2.05) is 6.92 Å². The molecule has 1 aromatic rings. The molecule has 0 bridgehead atoms. The van der Waals surface area contributed by atoms with Crippen LogP contribution in [0.25, 0.3) is 0 Å². The molecule has 1 unspecified atom stereocenters. The van der Waals surface area contributed by atoms with Crippen LogP contribution in [0.3, 0.4) is 0 Å². The summed E-state index contributed by atoms with van der Waals surface area (Å²) in [5.41, 5.74) is 0. The normalized spacial score (nSPS) is 14.3. The van der Waals surface area contributed by atoms with Crippen molar-refractivity contribution in [1.29, 1.82) is 0 Å². The highest BCUT2D eigenvalue weighted by molar-refractivity contribution is 7.91. The molecule has 1 rings (SSSR count). The van der Waals surface area contributed by atoms with Crippen LogP contribution in [-0.2, 0) is 19.7 Å². The van der Waals surface area contributed by atoms with Crippen molar-refractivity contribution in [3.63, 3.8) is 0 Å². The van der Waals surface area contributed by atoms with Gasteiger partial charge in [0.15, 0.2) is 19.7 Å². The molecule has 1 atom stereocenters. The van der Waals surface area contributed by atoms with Crippen LogP contribution < -0.4 is 5.32 Å². The highest BCUT2D eigenvalue weighted by Crippen LogP contribution is 2.16. The second kappa shape index (κ2) is 6.02. The van der Waals surface area contributed by atoms with Crippen molar-refractivity contribution in [3.8, 4) is 0 Å². The Morgan fingerprint density at radius 2 is 1.53 bits per heavy atom. The average molecular weight is 305 g/mol. The maximum Gasteiger partial charge on any atom is 0.179 e. The Hall–Kier alpha value is -0.920. The molecule has 7 heteroatoms. The fourth-order valence-electron chi connectivity index (χ4n) is 1.73. The molecule has 0 amide bonds. The predicted molar refractivity (Wildman–Crippen MR) is 74.7 cm³/mol. The van der Waals surface area contributed by atoms with Crippen LogP contribution in [0.1, 0.15) is 13.8 Å². The summed E-state index contributed by atoms with van der Waals surface area (Å²) in [6, 6.07) is 5.17. The number of nitrogens with one attached hydrogen (secondary N) is 1. The lowest BCUT2D eigenvalue weighted by molar-refractivity contribution is 0.566. The van der Waals surface area contributed by atoms with Gasteiger partial charge in [-0.05, 0) is 37.7 Å². The van der Waals surface area contributed by atoms with E-state index in [-0.39, 0.29) is 21.6 Å². The predicted octanol–water partition coefficient (Wildman–Crippen LogP) is 0.862. The van der Waals surface area contributed by atoms with E-state index in [9.17, 15) is 16.8 Å². The topological polar surface area (TPSA) is 80.3 Å². The molecule has 0 saturated heterocycles. The van der Waals surface area contributed by atoms with Crippen molar-refractivity contribution >= 4 is 19.7 Å². The molecule has 0 spiro atoms. The highest BCUT2D eigenvalue weighted by Gasteiger charge is 2.18. The van der Waals surface area contributed by atoms with E-state index < -0.39 is 19.7 Å². The molecule has 0 fully saturated rings. The first-order valence-electron chi connectivity index (χ1n) is 5.93. The number of hydrogen-bond acceptors (Lipinski definition) is 5. The van der Waals surface area contributed by atoms with Gasteiger partial charge in [-0.2, -0.15) is 0 Å². The molecule has 1 aromatic carbocycles. The SMILES string of the molecule is CCNC(C)CS(=O)(=O)c1ccc(S(C)(=O)=O)cc1. The van der Waals surface area contributed by atoms with E-state index >= 15 is 0 Å². The fourth-order valence-corrected chi connectivity index (χ4v) is 3.88. The van der Waals surface area contributed by atoms with Crippen LogP contribution in [0.2, 0.25) is 0 Å². The van der Waals surface area contributed by atoms with Crippen molar-refractivity contribution < 1.29 is 16.8 Å². The van der Waals surface area contributed by atoms with Crippen LogP contribution in [0.4, 0.5) is 0 Å². The third-order valence-electron chi connectivity index (χ3n) is 2.63. The second-order valence-electron chi connectivity index (χ2n) is 4.48. The second-order valence-corrected chi connectivity index (χ2v) is 8.53. The zero-order valence-electron chi connectivity index (χ0n) is 11.3. The fraction of sp³-hybridized carbons (Fsp3) is 0.500. The molecule has 108 valence electrons. The zero-order chi connectivity index (χ0) is 14.7. The molecule has 0 radical (unpaired) electrons. The van der Waals surface area contributed by atoms with Gasteiger partial charge in [0.1, 0.15) is 0 Å². The lowest BCUT2D eigenvalue weighted by Crippen LogP contribution is -2.32. The number of rotatable bonds is 6. The van der Waals surface area contributed by atoms with Gasteiger partial charge in [-0.3, -0.25) is 0 Å². The van der Waals surface area contributed by atoms with Gasteiger partial charge in [0.25, 0.3) is 0 Å². The Bertz CT molecular complexity index is 618. The van der Waals surface area contributed by atoms with Crippen molar-refractivity contribution in [2.24, 2.45) is 0 Å². The Kier molecular flexibility index (Phi) is 5.11. The molecule has 0 saturated carbocycles. The first-order chi connectivity index (χ1) is 8.66. The monoisotopic (exact) mass is 305 g/mol. The van der Waals surface area contributed by atoms with Crippen LogP contribution in [0.15, 0.2) is 34.1 Å². The summed E-state index contributed by atoms with van der Waals surface area (Å²) in [6.07, 6.45) is 1.09. The maximum atomic E-state index is 12.1. The van der Waals surface area contributed by atoms with Crippen LogP contribution >= 0.6 is 0 Å². The minimum atomic E-state index is -3.40. The zero-order valence-corrected chi connectivity index (χ0v) is 12.9. The minimum absolute atomic E-state index is 0.0148. The van der Waals surface area contributed by atoms with Gasteiger partial charge in [0.2, 0.25) is 0 Å². The summed E-state index contributed by atoms with van der Waals surface area (Å²) in [7, 11) is -6.71. The Balaban J connectivity index is 2.97. The third kappa shape index (κ3) is 4.59. The largest absolute Gasteiger partial charge is 0.314 e. The van der Waals surface area contributed by atoms with E-state index in [1.165, 1.54) is 24.3 Å². The molecule has 0 aliphatic rings. The van der Waals surface area contributed by atoms with E-state index in [1.54, 1.807) is 6.92 Å². The molecular formula is C12H19NO4S2. The lowest BCUT2D eigenvalue weighted by atomic mass is 10.4. The summed E-state index contributed by atoms with van der Waals surface area (Å²) in [4.78, 5) is 0.260. The molecule has 0 aliphatic heterocycles. The highest BCUT2D eigenvalue weighted by atomic mass is 32.2. The number of sulfone groups is 2. The summed E-state index contributed by atoms with van der Waals surface area (Å²) >= 11 is 0. The van der Waals surface area contributed by atoms with Crippen LogP contribution in [0.5, 0.6) is 0 Å². The van der Waals surface area contributed by atoms with Gasteiger partial charge >= 0.3 is 0 Å². The first kappa shape index (κ1) is 16.1. The molecule has 0 heterocycles. The van der Waals surface area contributed by atoms with Gasteiger partial charge in [-0.25, -0.2) is 16.8 Å². The Morgan fingerprint density at radius 1 is 1.05 bits per heavy atom. The molecule has 0 aliphatic carbocycles. The van der Waals surface area contributed by atoms with E-state index in [0.29, 0.717) is 6.54 Å². The van der Waals surface area contributed by atoms with Gasteiger partial charge in [-0.15, -0.1) is 0 Å². The molecule has 5 nitrogen and oxygen atoms in total. The average Bonchev–Trinajstić information content (AvgIpc) is 2.27. The lowest BCUT2D eigenvalue weighted by Gasteiger charge is -2.12. The summed E-state index contributed by atoms with van der Waals surface area (Å²) in [6.45, 7) is 4.40. The van der Waals surface area contributed by atoms with Crippen molar-refractivity contribution in [2.75, 3.05) is 18.6 Å². The molecule has 0 aromatic heterocycles. The Morgan fingerprint density at radius 3 is 1.95 bits per heavy atom. The summed E-state index contributed by atoms with van der Waals surface area (Å²) in [5, 5.41) is 3.03. The first-order valence-corrected chi connectivity index (χ1v) is 9.47. The van der Waals surface area contributed by atoms with E-state index in [2.05, 4.69) is 5.32 Å². The van der Waals surface area contributed by atoms with Crippen molar-refractivity contribution in [1.82, 2.24) is 5.32 Å². The standard InChI is InChI=1S/C12H19NO4S2/c1-4-13-10(2)9-19(16,17)12-7-5-11(6-8-12)18(3,14)15/h5-8,10,13H,4,9H2,1-3H3. The molecular weight excluding hydrogens is 286 g/mol.